The lowest BCUT2D eigenvalue weighted by Crippen LogP contribution is -2.41. The van der Waals surface area contributed by atoms with Crippen LogP contribution in [0.15, 0.2) is 29.8 Å². The second kappa shape index (κ2) is 7.82. The van der Waals surface area contributed by atoms with Gasteiger partial charge in [-0.1, -0.05) is 6.07 Å². The lowest BCUT2D eigenvalue weighted by molar-refractivity contribution is 0.00578. The van der Waals surface area contributed by atoms with Crippen molar-refractivity contribution in [1.82, 2.24) is 4.98 Å². The molecular weight excluding hydrogens is 425 g/mol. The minimum atomic E-state index is -4.85. The molecule has 12 heteroatoms. The third-order valence-corrected chi connectivity index (χ3v) is 6.58. The van der Waals surface area contributed by atoms with Crippen LogP contribution < -0.4 is 14.9 Å². The molecule has 1 N–H and O–H groups in total. The fourth-order valence-corrected chi connectivity index (χ4v) is 3.62. The lowest BCUT2D eigenvalue weighted by Gasteiger charge is -2.32. The molecule has 1 aliphatic rings. The van der Waals surface area contributed by atoms with Gasteiger partial charge in [-0.25, -0.2) is 13.4 Å². The fourth-order valence-electron chi connectivity index (χ4n) is 2.53. The van der Waals surface area contributed by atoms with Crippen molar-refractivity contribution in [2.75, 3.05) is 4.72 Å². The molecule has 7 nitrogen and oxygen atoms in total. The summed E-state index contributed by atoms with van der Waals surface area (Å²) in [6.45, 7) is 7.65. The quantitative estimate of drug-likeness (QED) is 0.659. The number of ether oxygens (including phenoxy) is 1. The van der Waals surface area contributed by atoms with Gasteiger partial charge in [0.2, 0.25) is 0 Å². The highest BCUT2D eigenvalue weighted by atomic mass is 32.2. The van der Waals surface area contributed by atoms with Gasteiger partial charge >= 0.3 is 12.9 Å². The van der Waals surface area contributed by atoms with Gasteiger partial charge in [0.15, 0.2) is 0 Å². The van der Waals surface area contributed by atoms with Gasteiger partial charge in [0.1, 0.15) is 17.4 Å². The second-order valence-electron chi connectivity index (χ2n) is 7.47. The van der Waals surface area contributed by atoms with E-state index in [1.54, 1.807) is 17.6 Å². The van der Waals surface area contributed by atoms with E-state index in [4.69, 9.17) is 14.0 Å². The first-order chi connectivity index (χ1) is 13.4. The molecule has 0 spiro atoms. The Kier molecular flexibility index (Phi) is 5.92. The minimum Gasteiger partial charge on any atom is -0.484 e. The number of aromatic nitrogens is 1. The van der Waals surface area contributed by atoms with Gasteiger partial charge < -0.3 is 14.0 Å². The van der Waals surface area contributed by atoms with Gasteiger partial charge in [-0.05, 0) is 45.3 Å². The van der Waals surface area contributed by atoms with E-state index in [0.717, 1.165) is 0 Å². The van der Waals surface area contributed by atoms with Crippen LogP contribution in [0.1, 0.15) is 32.7 Å². The molecule has 0 atom stereocenters. The highest BCUT2D eigenvalue weighted by molar-refractivity contribution is 7.93. The molecule has 3 rings (SSSR count). The molecule has 2 aromatic rings. The average molecular weight is 446 g/mol. The number of hydrogen-bond donors (Lipinski definition) is 1. The molecule has 0 aliphatic carbocycles. The van der Waals surface area contributed by atoms with Crippen LogP contribution in [0.5, 0.6) is 5.75 Å². The van der Waals surface area contributed by atoms with Crippen molar-refractivity contribution in [2.45, 2.75) is 51.3 Å². The normalized spacial score (nSPS) is 18.2. The van der Waals surface area contributed by atoms with Crippen LogP contribution >= 0.6 is 11.3 Å². The van der Waals surface area contributed by atoms with Crippen LogP contribution in [0, 0.1) is 0 Å². The summed E-state index contributed by atoms with van der Waals surface area (Å²) < 4.78 is 68.3. The third-order valence-electron chi connectivity index (χ3n) is 4.85. The van der Waals surface area contributed by atoms with E-state index >= 15 is 0 Å². The molecule has 158 valence electrons. The zero-order valence-corrected chi connectivity index (χ0v) is 17.9. The molecule has 1 aromatic carbocycles. The SMILES string of the molecule is CC1(C)OB(c2ccc(NS(=O)(=O)C(F)F)c(OCc3nccs3)c2)OC1(C)C. The summed E-state index contributed by atoms with van der Waals surface area (Å²) in [4.78, 5) is 4.09. The van der Waals surface area contributed by atoms with Crippen molar-refractivity contribution in [3.8, 4) is 5.75 Å². The number of nitrogens with one attached hydrogen (secondary N) is 1. The van der Waals surface area contributed by atoms with Gasteiger partial charge in [0.05, 0.1) is 16.9 Å². The molecule has 1 fully saturated rings. The first-order valence-electron chi connectivity index (χ1n) is 8.72. The van der Waals surface area contributed by atoms with Crippen molar-refractivity contribution in [1.29, 1.82) is 0 Å². The summed E-state index contributed by atoms with van der Waals surface area (Å²) in [6, 6.07) is 4.40. The van der Waals surface area contributed by atoms with Crippen LogP contribution in [-0.2, 0) is 25.9 Å². The Labute approximate surface area is 172 Å². The monoisotopic (exact) mass is 446 g/mol. The Morgan fingerprint density at radius 2 is 1.90 bits per heavy atom. The summed E-state index contributed by atoms with van der Waals surface area (Å²) in [6.07, 6.45) is 1.60. The molecule has 0 bridgehead atoms. The molecule has 0 radical (unpaired) electrons. The highest BCUT2D eigenvalue weighted by Gasteiger charge is 2.51. The van der Waals surface area contributed by atoms with Crippen LogP contribution in [0.2, 0.25) is 0 Å². The number of thiazole rings is 1. The fraction of sp³-hybridized carbons (Fsp3) is 0.471. The Hall–Kier alpha value is -1.76. The van der Waals surface area contributed by atoms with E-state index in [1.807, 2.05) is 32.4 Å². The van der Waals surface area contributed by atoms with Gasteiger partial charge in [0, 0.05) is 11.6 Å². The molecule has 1 aromatic heterocycles. The number of hydrogen-bond acceptors (Lipinski definition) is 7. The molecule has 2 heterocycles. The topological polar surface area (TPSA) is 86.8 Å². The Balaban J connectivity index is 1.91. The number of rotatable bonds is 7. The maximum absolute atomic E-state index is 12.8. The molecule has 0 saturated carbocycles. The highest BCUT2D eigenvalue weighted by Crippen LogP contribution is 2.37. The molecule has 0 amide bonds. The van der Waals surface area contributed by atoms with E-state index in [-0.39, 0.29) is 18.0 Å². The van der Waals surface area contributed by atoms with Crippen LogP contribution in [-0.4, -0.2) is 37.5 Å². The maximum atomic E-state index is 12.8. The predicted octanol–water partition coefficient (Wildman–Crippen LogP) is 2.99. The van der Waals surface area contributed by atoms with Gasteiger partial charge in [-0.3, -0.25) is 4.72 Å². The first kappa shape index (κ1) is 21.9. The summed E-state index contributed by atoms with van der Waals surface area (Å²) in [5.74, 6) is -3.51. The Morgan fingerprint density at radius 3 is 2.45 bits per heavy atom. The largest absolute Gasteiger partial charge is 0.494 e. The Bertz CT molecular complexity index is 952. The zero-order valence-electron chi connectivity index (χ0n) is 16.3. The van der Waals surface area contributed by atoms with Crippen molar-refractivity contribution < 1.29 is 31.2 Å². The van der Waals surface area contributed by atoms with E-state index < -0.39 is 34.1 Å². The van der Waals surface area contributed by atoms with E-state index in [2.05, 4.69) is 4.98 Å². The van der Waals surface area contributed by atoms with Crippen molar-refractivity contribution in [3.05, 3.63) is 34.8 Å². The number of anilines is 1. The number of alkyl halides is 2. The standard InChI is InChI=1S/C17H21BF2N2O5S2/c1-16(2)17(3,4)27-18(26-16)11-5-6-12(22-29(23,24)15(19)20)13(9-11)25-10-14-21-7-8-28-14/h5-9,15,22H,10H2,1-4H3. The maximum Gasteiger partial charge on any atom is 0.494 e. The number of sulfonamides is 1. The average Bonchev–Trinajstić information content (AvgIpc) is 3.19. The van der Waals surface area contributed by atoms with Gasteiger partial charge in [0.25, 0.3) is 10.0 Å². The Morgan fingerprint density at radius 1 is 1.24 bits per heavy atom. The molecule has 29 heavy (non-hydrogen) atoms. The molecular formula is C17H21BF2N2O5S2. The predicted molar refractivity (Wildman–Crippen MR) is 107 cm³/mol. The zero-order chi connectivity index (χ0) is 21.4. The summed E-state index contributed by atoms with van der Waals surface area (Å²) in [7, 11) is -5.57. The van der Waals surface area contributed by atoms with Gasteiger partial charge in [-0.15, -0.1) is 11.3 Å². The van der Waals surface area contributed by atoms with Crippen molar-refractivity contribution >= 4 is 39.6 Å². The molecule has 1 saturated heterocycles. The smallest absolute Gasteiger partial charge is 0.484 e. The lowest BCUT2D eigenvalue weighted by atomic mass is 9.79. The number of nitrogens with zero attached hydrogens (tertiary/aromatic N) is 1. The van der Waals surface area contributed by atoms with E-state index in [1.165, 1.54) is 23.5 Å². The van der Waals surface area contributed by atoms with Gasteiger partial charge in [-0.2, -0.15) is 8.78 Å². The minimum absolute atomic E-state index is 0.0495. The number of halogens is 2. The van der Waals surface area contributed by atoms with Crippen LogP contribution in [0.3, 0.4) is 0 Å². The van der Waals surface area contributed by atoms with Crippen molar-refractivity contribution in [3.63, 3.8) is 0 Å². The second-order valence-corrected chi connectivity index (χ2v) is 10.1. The molecule has 1 aliphatic heterocycles. The summed E-state index contributed by atoms with van der Waals surface area (Å²) in [5, 5.41) is 2.41. The first-order valence-corrected chi connectivity index (χ1v) is 11.1. The van der Waals surface area contributed by atoms with Crippen LogP contribution in [0.4, 0.5) is 14.5 Å². The summed E-state index contributed by atoms with van der Waals surface area (Å²) in [5.41, 5.74) is -0.690. The third kappa shape index (κ3) is 4.71. The number of benzene rings is 1. The summed E-state index contributed by atoms with van der Waals surface area (Å²) >= 11 is 1.35. The van der Waals surface area contributed by atoms with E-state index in [0.29, 0.717) is 10.5 Å². The van der Waals surface area contributed by atoms with Crippen molar-refractivity contribution in [2.24, 2.45) is 0 Å². The molecule has 0 unspecified atom stereocenters. The van der Waals surface area contributed by atoms with E-state index in [9.17, 15) is 17.2 Å². The van der Waals surface area contributed by atoms with Crippen LogP contribution in [0.25, 0.3) is 0 Å².